The van der Waals surface area contributed by atoms with E-state index in [2.05, 4.69) is 35.6 Å². The third kappa shape index (κ3) is 4.46. The average Bonchev–Trinajstić information content (AvgIpc) is 2.53. The van der Waals surface area contributed by atoms with Gasteiger partial charge < -0.3 is 5.32 Å². The smallest absolute Gasteiger partial charge is 0.0310 e. The Kier molecular flexibility index (Phi) is 4.50. The third-order valence-corrected chi connectivity index (χ3v) is 2.63. The van der Waals surface area contributed by atoms with Crippen molar-refractivity contribution < 1.29 is 0 Å². The second kappa shape index (κ2) is 5.43. The minimum atomic E-state index is 0.449. The average molecular weight is 216 g/mol. The Bertz CT molecular complexity index is 256. The van der Waals surface area contributed by atoms with Crippen molar-refractivity contribution in [2.24, 2.45) is 0 Å². The number of hydrogen-bond donors (Lipinski definition) is 1. The molecule has 0 saturated carbocycles. The van der Waals surface area contributed by atoms with Gasteiger partial charge in [0.1, 0.15) is 0 Å². The molecule has 0 saturated heterocycles. The fourth-order valence-corrected chi connectivity index (χ4v) is 1.88. The lowest BCUT2D eigenvalue weighted by Crippen LogP contribution is -2.28. The molecule has 72 valence electrons. The predicted molar refractivity (Wildman–Crippen MR) is 60.5 cm³/mol. The van der Waals surface area contributed by atoms with Crippen molar-refractivity contribution in [3.8, 4) is 0 Å². The summed E-state index contributed by atoms with van der Waals surface area (Å²) >= 11 is 7.38. The molecule has 1 aromatic heterocycles. The quantitative estimate of drug-likeness (QED) is 0.797. The van der Waals surface area contributed by atoms with Gasteiger partial charge in [0.15, 0.2) is 0 Å². The van der Waals surface area contributed by atoms with E-state index in [1.165, 1.54) is 5.56 Å². The highest BCUT2D eigenvalue weighted by Crippen LogP contribution is 2.08. The van der Waals surface area contributed by atoms with Crippen molar-refractivity contribution in [3.63, 3.8) is 0 Å². The first-order valence-corrected chi connectivity index (χ1v) is 5.58. The lowest BCUT2D eigenvalue weighted by molar-refractivity contribution is 0.579. The molecule has 1 unspecified atom stereocenters. The highest BCUT2D eigenvalue weighted by atomic mass is 35.5. The summed E-state index contributed by atoms with van der Waals surface area (Å²) in [5.74, 6) is 0. The monoisotopic (exact) mass is 215 g/mol. The summed E-state index contributed by atoms with van der Waals surface area (Å²) in [4.78, 5) is 0. The maximum Gasteiger partial charge on any atom is 0.0310 e. The first-order chi connectivity index (χ1) is 6.18. The van der Waals surface area contributed by atoms with Crippen molar-refractivity contribution in [2.45, 2.75) is 19.4 Å². The minimum Gasteiger partial charge on any atom is -0.309 e. The summed E-state index contributed by atoms with van der Waals surface area (Å²) in [6, 6.07) is 2.60. The van der Waals surface area contributed by atoms with Crippen LogP contribution in [0.4, 0.5) is 0 Å². The van der Waals surface area contributed by atoms with Gasteiger partial charge in [0.05, 0.1) is 0 Å². The molecule has 0 aliphatic carbocycles. The molecule has 0 aliphatic heterocycles. The van der Waals surface area contributed by atoms with Gasteiger partial charge in [-0.25, -0.2) is 0 Å². The van der Waals surface area contributed by atoms with Gasteiger partial charge in [-0.1, -0.05) is 18.2 Å². The van der Waals surface area contributed by atoms with E-state index >= 15 is 0 Å². The van der Waals surface area contributed by atoms with Gasteiger partial charge in [-0.15, -0.1) is 0 Å². The molecule has 0 amide bonds. The van der Waals surface area contributed by atoms with E-state index in [9.17, 15) is 0 Å². The van der Waals surface area contributed by atoms with Crippen LogP contribution in [0.5, 0.6) is 0 Å². The fraction of sp³-hybridized carbons (Fsp3) is 0.400. The first-order valence-electron chi connectivity index (χ1n) is 4.26. The SMILES string of the molecule is C=C(Cl)CNC(C)Cc1ccsc1. The molecule has 13 heavy (non-hydrogen) atoms. The highest BCUT2D eigenvalue weighted by Gasteiger charge is 2.02. The second-order valence-electron chi connectivity index (χ2n) is 3.13. The van der Waals surface area contributed by atoms with Crippen LogP contribution in [0.25, 0.3) is 0 Å². The summed E-state index contributed by atoms with van der Waals surface area (Å²) in [6.45, 7) is 6.47. The van der Waals surface area contributed by atoms with Crippen LogP contribution >= 0.6 is 22.9 Å². The van der Waals surface area contributed by atoms with Crippen LogP contribution in [0.2, 0.25) is 0 Å². The van der Waals surface area contributed by atoms with E-state index in [4.69, 9.17) is 11.6 Å². The Morgan fingerprint density at radius 3 is 3.08 bits per heavy atom. The van der Waals surface area contributed by atoms with Crippen LogP contribution in [0.1, 0.15) is 12.5 Å². The van der Waals surface area contributed by atoms with Gasteiger partial charge in [0.25, 0.3) is 0 Å². The molecule has 0 aromatic carbocycles. The van der Waals surface area contributed by atoms with Crippen LogP contribution in [-0.2, 0) is 6.42 Å². The molecule has 0 bridgehead atoms. The van der Waals surface area contributed by atoms with Crippen LogP contribution in [0.15, 0.2) is 28.4 Å². The van der Waals surface area contributed by atoms with Gasteiger partial charge in [0.2, 0.25) is 0 Å². The van der Waals surface area contributed by atoms with Crippen molar-refractivity contribution in [3.05, 3.63) is 34.0 Å². The molecule has 1 aromatic rings. The summed E-state index contributed by atoms with van der Waals surface area (Å²) in [6.07, 6.45) is 1.05. The third-order valence-electron chi connectivity index (χ3n) is 1.76. The van der Waals surface area contributed by atoms with Crippen LogP contribution in [-0.4, -0.2) is 12.6 Å². The Labute approximate surface area is 88.4 Å². The van der Waals surface area contributed by atoms with E-state index in [0.29, 0.717) is 17.6 Å². The molecule has 1 N–H and O–H groups in total. The number of thiophene rings is 1. The Hall–Kier alpha value is -0.310. The van der Waals surface area contributed by atoms with Crippen molar-refractivity contribution >= 4 is 22.9 Å². The van der Waals surface area contributed by atoms with Crippen molar-refractivity contribution in [2.75, 3.05) is 6.54 Å². The predicted octanol–water partition coefficient (Wildman–Crippen LogP) is 3.02. The molecule has 0 aliphatic rings. The van der Waals surface area contributed by atoms with E-state index in [0.717, 1.165) is 6.42 Å². The molecule has 1 nitrogen and oxygen atoms in total. The maximum atomic E-state index is 5.65. The van der Waals surface area contributed by atoms with Gasteiger partial charge >= 0.3 is 0 Å². The van der Waals surface area contributed by atoms with Crippen LogP contribution in [0.3, 0.4) is 0 Å². The second-order valence-corrected chi connectivity index (χ2v) is 4.45. The molecule has 3 heteroatoms. The minimum absolute atomic E-state index is 0.449. The van der Waals surface area contributed by atoms with Gasteiger partial charge in [-0.3, -0.25) is 0 Å². The normalized spacial score (nSPS) is 12.8. The van der Waals surface area contributed by atoms with Crippen LogP contribution in [0, 0.1) is 0 Å². The summed E-state index contributed by atoms with van der Waals surface area (Å²) in [7, 11) is 0. The Balaban J connectivity index is 2.25. The number of hydrogen-bond acceptors (Lipinski definition) is 2. The summed E-state index contributed by atoms with van der Waals surface area (Å²) in [5, 5.41) is 8.23. The molecule has 1 heterocycles. The topological polar surface area (TPSA) is 12.0 Å². The van der Waals surface area contributed by atoms with E-state index in [-0.39, 0.29) is 0 Å². The van der Waals surface area contributed by atoms with Crippen LogP contribution < -0.4 is 5.32 Å². The van der Waals surface area contributed by atoms with Gasteiger partial charge in [-0.05, 0) is 35.7 Å². The highest BCUT2D eigenvalue weighted by molar-refractivity contribution is 7.07. The lowest BCUT2D eigenvalue weighted by Gasteiger charge is -2.11. The van der Waals surface area contributed by atoms with E-state index in [1.54, 1.807) is 11.3 Å². The van der Waals surface area contributed by atoms with E-state index in [1.807, 2.05) is 0 Å². The molecular formula is C10H14ClNS. The standard InChI is InChI=1S/C10H14ClNS/c1-8(11)6-12-9(2)5-10-3-4-13-7-10/h3-4,7,9,12H,1,5-6H2,2H3. The molecular weight excluding hydrogens is 202 g/mol. The van der Waals surface area contributed by atoms with Crippen molar-refractivity contribution in [1.29, 1.82) is 0 Å². The van der Waals surface area contributed by atoms with Gasteiger partial charge in [0, 0.05) is 17.6 Å². The summed E-state index contributed by atoms with van der Waals surface area (Å²) < 4.78 is 0. The number of nitrogens with one attached hydrogen (secondary N) is 1. The fourth-order valence-electron chi connectivity index (χ4n) is 1.12. The lowest BCUT2D eigenvalue weighted by atomic mass is 10.1. The Morgan fingerprint density at radius 1 is 1.77 bits per heavy atom. The largest absolute Gasteiger partial charge is 0.309 e. The van der Waals surface area contributed by atoms with E-state index < -0.39 is 0 Å². The van der Waals surface area contributed by atoms with Crippen molar-refractivity contribution in [1.82, 2.24) is 5.32 Å². The number of rotatable bonds is 5. The Morgan fingerprint density at radius 2 is 2.54 bits per heavy atom. The molecule has 0 spiro atoms. The zero-order valence-electron chi connectivity index (χ0n) is 7.72. The van der Waals surface area contributed by atoms with Gasteiger partial charge in [-0.2, -0.15) is 11.3 Å². The summed E-state index contributed by atoms with van der Waals surface area (Å²) in [5.41, 5.74) is 1.38. The zero-order valence-corrected chi connectivity index (χ0v) is 9.29. The number of halogens is 1. The molecule has 0 fully saturated rings. The first kappa shape index (κ1) is 10.8. The zero-order chi connectivity index (χ0) is 9.68. The molecule has 1 atom stereocenters. The molecule has 0 radical (unpaired) electrons. The maximum absolute atomic E-state index is 5.65. The molecule has 1 rings (SSSR count).